The number of hydrogen-bond acceptors (Lipinski definition) is 3. The van der Waals surface area contributed by atoms with Gasteiger partial charge in [0.05, 0.1) is 4.83 Å². The molecule has 2 aliphatic rings. The van der Waals surface area contributed by atoms with Gasteiger partial charge in [-0.3, -0.25) is 9.59 Å². The Balaban J connectivity index is 1.99. The normalized spacial score (nSPS) is 30.0. The maximum atomic E-state index is 12.9. The van der Waals surface area contributed by atoms with E-state index in [1.165, 1.54) is 7.11 Å². The van der Waals surface area contributed by atoms with Crippen LogP contribution in [-0.4, -0.2) is 42.1 Å². The molecule has 0 radical (unpaired) electrons. The van der Waals surface area contributed by atoms with Gasteiger partial charge in [-0.1, -0.05) is 46.3 Å². The van der Waals surface area contributed by atoms with Crippen molar-refractivity contribution < 1.29 is 14.3 Å². The van der Waals surface area contributed by atoms with Crippen molar-refractivity contribution in [2.75, 3.05) is 13.7 Å². The van der Waals surface area contributed by atoms with Crippen molar-refractivity contribution >= 4 is 27.7 Å². The molecule has 2 heterocycles. The lowest BCUT2D eigenvalue weighted by Crippen LogP contribution is -2.71. The van der Waals surface area contributed by atoms with E-state index in [4.69, 9.17) is 4.74 Å². The first-order chi connectivity index (χ1) is 10.1. The van der Waals surface area contributed by atoms with Crippen LogP contribution in [0.25, 0.3) is 0 Å². The average molecular weight is 353 g/mol. The van der Waals surface area contributed by atoms with Gasteiger partial charge in [-0.25, -0.2) is 0 Å². The number of hydrogen-bond donors (Lipinski definition) is 1. The number of piperazine rings is 1. The highest BCUT2D eigenvalue weighted by Gasteiger charge is 2.56. The molecule has 5 nitrogen and oxygen atoms in total. The first-order valence-electron chi connectivity index (χ1n) is 6.97. The molecule has 0 bridgehead atoms. The highest BCUT2D eigenvalue weighted by molar-refractivity contribution is 9.09. The zero-order valence-electron chi connectivity index (χ0n) is 11.7. The molecule has 2 unspecified atom stereocenters. The van der Waals surface area contributed by atoms with E-state index in [9.17, 15) is 9.59 Å². The van der Waals surface area contributed by atoms with Crippen molar-refractivity contribution in [1.29, 1.82) is 0 Å². The number of nitrogens with one attached hydrogen (secondary N) is 1. The van der Waals surface area contributed by atoms with E-state index < -0.39 is 10.6 Å². The Bertz CT molecular complexity index is 565. The van der Waals surface area contributed by atoms with E-state index in [1.54, 1.807) is 4.90 Å². The third-order valence-electron chi connectivity index (χ3n) is 4.21. The Hall–Kier alpha value is -1.40. The average Bonchev–Trinajstić information content (AvgIpc) is 3.01. The minimum atomic E-state index is -1.39. The number of rotatable bonds is 3. The first kappa shape index (κ1) is 14.5. The van der Waals surface area contributed by atoms with Crippen LogP contribution in [0.2, 0.25) is 0 Å². The molecular weight excluding hydrogens is 336 g/mol. The lowest BCUT2D eigenvalue weighted by Gasteiger charge is -2.44. The lowest BCUT2D eigenvalue weighted by atomic mass is 9.96. The SMILES string of the molecule is COC1(C(Br)c2ccccc2)NC(=O)[C@@H]2CCCN2C1=O. The Kier molecular flexibility index (Phi) is 3.75. The molecule has 0 aliphatic carbocycles. The van der Waals surface area contributed by atoms with Crippen LogP contribution in [0.4, 0.5) is 0 Å². The lowest BCUT2D eigenvalue weighted by molar-refractivity contribution is -0.174. The third-order valence-corrected chi connectivity index (χ3v) is 5.39. The predicted molar refractivity (Wildman–Crippen MR) is 80.7 cm³/mol. The van der Waals surface area contributed by atoms with Crippen LogP contribution in [0.3, 0.4) is 0 Å². The van der Waals surface area contributed by atoms with Crippen LogP contribution >= 0.6 is 15.9 Å². The van der Waals surface area contributed by atoms with Crippen molar-refractivity contribution in [3.63, 3.8) is 0 Å². The number of methoxy groups -OCH3 is 1. The number of nitrogens with zero attached hydrogens (tertiary/aromatic N) is 1. The van der Waals surface area contributed by atoms with E-state index in [-0.39, 0.29) is 17.9 Å². The molecule has 0 saturated carbocycles. The fourth-order valence-corrected chi connectivity index (χ4v) is 3.89. The monoisotopic (exact) mass is 352 g/mol. The molecule has 1 aromatic carbocycles. The summed E-state index contributed by atoms with van der Waals surface area (Å²) in [6.07, 6.45) is 1.57. The predicted octanol–water partition coefficient (Wildman–Crippen LogP) is 1.59. The molecule has 3 rings (SSSR count). The zero-order chi connectivity index (χ0) is 15.0. The number of carbonyl (C=O) groups excluding carboxylic acids is 2. The fraction of sp³-hybridized carbons (Fsp3) is 0.467. The Morgan fingerprint density at radius 1 is 1.38 bits per heavy atom. The van der Waals surface area contributed by atoms with Crippen LogP contribution in [0, 0.1) is 0 Å². The Morgan fingerprint density at radius 3 is 2.76 bits per heavy atom. The minimum Gasteiger partial charge on any atom is -0.349 e. The summed E-state index contributed by atoms with van der Waals surface area (Å²) in [5, 5.41) is 2.80. The van der Waals surface area contributed by atoms with E-state index in [0.717, 1.165) is 18.4 Å². The molecular formula is C15H17BrN2O3. The van der Waals surface area contributed by atoms with Crippen LogP contribution in [-0.2, 0) is 14.3 Å². The molecule has 1 N–H and O–H groups in total. The molecule has 2 fully saturated rings. The number of benzene rings is 1. The molecule has 0 spiro atoms. The van der Waals surface area contributed by atoms with E-state index in [2.05, 4.69) is 21.2 Å². The maximum absolute atomic E-state index is 12.9. The van der Waals surface area contributed by atoms with Crippen molar-refractivity contribution in [3.8, 4) is 0 Å². The summed E-state index contributed by atoms with van der Waals surface area (Å²) in [5.41, 5.74) is -0.509. The molecule has 2 saturated heterocycles. The third kappa shape index (κ3) is 2.17. The summed E-state index contributed by atoms with van der Waals surface area (Å²) < 4.78 is 5.52. The van der Waals surface area contributed by atoms with Crippen molar-refractivity contribution in [1.82, 2.24) is 10.2 Å². The summed E-state index contributed by atoms with van der Waals surface area (Å²) in [5.74, 6) is -0.327. The standard InChI is InChI=1S/C15H17BrN2O3/c1-21-15(12(16)10-6-3-2-4-7-10)14(20)18-9-5-8-11(18)13(19)17-15/h2-4,6-7,11-12H,5,8-9H2,1H3,(H,17,19)/t11-,12?,15?/m0/s1. The number of halogens is 1. The number of amides is 2. The number of alkyl halides is 1. The summed E-state index contributed by atoms with van der Waals surface area (Å²) in [6, 6.07) is 9.13. The summed E-state index contributed by atoms with van der Waals surface area (Å²) in [4.78, 5) is 26.4. The van der Waals surface area contributed by atoms with Gasteiger partial charge in [-0.2, -0.15) is 0 Å². The van der Waals surface area contributed by atoms with Crippen LogP contribution in [0.5, 0.6) is 0 Å². The van der Waals surface area contributed by atoms with Crippen molar-refractivity contribution in [2.45, 2.75) is 29.4 Å². The topological polar surface area (TPSA) is 58.6 Å². The number of fused-ring (bicyclic) bond motifs is 1. The van der Waals surface area contributed by atoms with Gasteiger partial charge in [0.25, 0.3) is 5.91 Å². The number of ether oxygens (including phenoxy) is 1. The van der Waals surface area contributed by atoms with Gasteiger partial charge in [0.15, 0.2) is 0 Å². The molecule has 112 valence electrons. The van der Waals surface area contributed by atoms with Crippen LogP contribution < -0.4 is 5.32 Å². The van der Waals surface area contributed by atoms with Gasteiger partial charge in [0.2, 0.25) is 11.6 Å². The molecule has 0 aromatic heterocycles. The van der Waals surface area contributed by atoms with Crippen LogP contribution in [0.1, 0.15) is 23.2 Å². The Labute approximate surface area is 131 Å². The molecule has 1 aromatic rings. The zero-order valence-corrected chi connectivity index (χ0v) is 13.3. The van der Waals surface area contributed by atoms with Gasteiger partial charge < -0.3 is 15.0 Å². The Morgan fingerprint density at radius 2 is 2.10 bits per heavy atom. The summed E-state index contributed by atoms with van der Waals surface area (Å²) in [6.45, 7) is 0.608. The van der Waals surface area contributed by atoms with Crippen molar-refractivity contribution in [2.24, 2.45) is 0 Å². The first-order valence-corrected chi connectivity index (χ1v) is 7.89. The highest BCUT2D eigenvalue weighted by atomic mass is 79.9. The molecule has 2 aliphatic heterocycles. The largest absolute Gasteiger partial charge is 0.349 e. The molecule has 2 amide bonds. The second-order valence-electron chi connectivity index (χ2n) is 5.36. The maximum Gasteiger partial charge on any atom is 0.278 e. The minimum absolute atomic E-state index is 0.144. The van der Waals surface area contributed by atoms with Crippen LogP contribution in [0.15, 0.2) is 30.3 Å². The van der Waals surface area contributed by atoms with Crippen molar-refractivity contribution in [3.05, 3.63) is 35.9 Å². The molecule has 3 atom stereocenters. The van der Waals surface area contributed by atoms with Gasteiger partial charge >= 0.3 is 0 Å². The van der Waals surface area contributed by atoms with Gasteiger partial charge in [0, 0.05) is 13.7 Å². The highest BCUT2D eigenvalue weighted by Crippen LogP contribution is 2.40. The fourth-order valence-electron chi connectivity index (χ4n) is 3.09. The smallest absolute Gasteiger partial charge is 0.278 e. The van der Waals surface area contributed by atoms with E-state index >= 15 is 0 Å². The van der Waals surface area contributed by atoms with Gasteiger partial charge in [-0.15, -0.1) is 0 Å². The quantitative estimate of drug-likeness (QED) is 0.840. The van der Waals surface area contributed by atoms with E-state index in [0.29, 0.717) is 6.54 Å². The second-order valence-corrected chi connectivity index (χ2v) is 6.27. The summed E-state index contributed by atoms with van der Waals surface area (Å²) >= 11 is 3.54. The second kappa shape index (κ2) is 5.42. The van der Waals surface area contributed by atoms with Gasteiger partial charge in [-0.05, 0) is 18.4 Å². The molecule has 21 heavy (non-hydrogen) atoms. The van der Waals surface area contributed by atoms with Gasteiger partial charge in [0.1, 0.15) is 6.04 Å². The number of carbonyl (C=O) groups is 2. The summed E-state index contributed by atoms with van der Waals surface area (Å²) in [7, 11) is 1.45. The molecule has 6 heteroatoms. The van der Waals surface area contributed by atoms with E-state index in [1.807, 2.05) is 30.3 Å².